The van der Waals surface area contributed by atoms with Crippen molar-refractivity contribution in [2.24, 2.45) is 5.10 Å². The van der Waals surface area contributed by atoms with Crippen molar-refractivity contribution in [1.82, 2.24) is 9.91 Å². The van der Waals surface area contributed by atoms with E-state index in [2.05, 4.69) is 5.10 Å². The molecule has 3 rings (SSSR count). The van der Waals surface area contributed by atoms with Crippen LogP contribution in [0.25, 0.3) is 0 Å². The molecule has 0 N–H and O–H groups in total. The molecule has 2 aliphatic heterocycles. The third-order valence-electron chi connectivity index (χ3n) is 5.46. The Morgan fingerprint density at radius 3 is 2.21 bits per heavy atom. The summed E-state index contributed by atoms with van der Waals surface area (Å²) in [7, 11) is 0. The highest BCUT2D eigenvalue weighted by molar-refractivity contribution is 6.39. The van der Waals surface area contributed by atoms with Gasteiger partial charge in [-0.05, 0) is 51.2 Å². The van der Waals surface area contributed by atoms with E-state index in [1.54, 1.807) is 4.90 Å². The van der Waals surface area contributed by atoms with Crippen LogP contribution in [0.1, 0.15) is 57.1 Å². The number of piperidine rings is 1. The first-order valence-electron chi connectivity index (χ1n) is 9.59. The van der Waals surface area contributed by atoms with E-state index in [1.807, 2.05) is 25.8 Å². The molecule has 2 heterocycles. The summed E-state index contributed by atoms with van der Waals surface area (Å²) in [6, 6.07) is 1.73. The summed E-state index contributed by atoms with van der Waals surface area (Å²) in [6.45, 7) is 7.12. The average Bonchev–Trinajstić information content (AvgIpc) is 3.13. The summed E-state index contributed by atoms with van der Waals surface area (Å²) >= 11 is 0. The lowest BCUT2D eigenvalue weighted by molar-refractivity contribution is -0.141. The molecule has 0 radical (unpaired) electrons. The number of hydrogen-bond donors (Lipinski definition) is 0. The van der Waals surface area contributed by atoms with Crippen molar-refractivity contribution >= 4 is 11.6 Å². The van der Waals surface area contributed by atoms with E-state index in [-0.39, 0.29) is 42.9 Å². The number of rotatable bonds is 2. The number of benzene rings is 1. The van der Waals surface area contributed by atoms with Gasteiger partial charge in [-0.2, -0.15) is 18.3 Å². The Bertz CT molecular complexity index is 821. The van der Waals surface area contributed by atoms with Crippen molar-refractivity contribution < 1.29 is 26.7 Å². The van der Waals surface area contributed by atoms with Gasteiger partial charge in [0.25, 0.3) is 5.91 Å². The minimum absolute atomic E-state index is 0.199. The molecule has 9 heteroatoms. The third kappa shape index (κ3) is 4.38. The first-order chi connectivity index (χ1) is 13.4. The van der Waals surface area contributed by atoms with Gasteiger partial charge in [-0.1, -0.05) is 6.07 Å². The van der Waals surface area contributed by atoms with E-state index in [0.29, 0.717) is 18.7 Å². The van der Waals surface area contributed by atoms with Gasteiger partial charge in [0.05, 0.1) is 5.56 Å². The lowest BCUT2D eigenvalue weighted by Gasteiger charge is -2.33. The van der Waals surface area contributed by atoms with Crippen LogP contribution >= 0.6 is 0 Å². The molecule has 1 aromatic carbocycles. The molecule has 1 aromatic rings. The van der Waals surface area contributed by atoms with Crippen molar-refractivity contribution in [2.45, 2.75) is 57.7 Å². The lowest BCUT2D eigenvalue weighted by Crippen LogP contribution is -2.41. The number of hydrogen-bond acceptors (Lipinski definition) is 3. The zero-order valence-corrected chi connectivity index (χ0v) is 16.6. The monoisotopic (exact) mass is 417 g/mol. The molecule has 29 heavy (non-hydrogen) atoms. The number of hydrazone groups is 1. The van der Waals surface area contributed by atoms with Gasteiger partial charge in [0.15, 0.2) is 11.6 Å². The van der Waals surface area contributed by atoms with E-state index in [0.717, 1.165) is 12.1 Å². The summed E-state index contributed by atoms with van der Waals surface area (Å²) in [5.74, 6) is -4.19. The predicted octanol–water partition coefficient (Wildman–Crippen LogP) is 4.55. The molecular weight excluding hydrogens is 393 g/mol. The summed E-state index contributed by atoms with van der Waals surface area (Å²) in [4.78, 5) is 14.3. The number of amides is 1. The van der Waals surface area contributed by atoms with Gasteiger partial charge in [0.2, 0.25) is 0 Å². The zero-order valence-electron chi connectivity index (χ0n) is 16.6. The minimum Gasteiger partial charge on any atom is -0.338 e. The van der Waals surface area contributed by atoms with Gasteiger partial charge in [0, 0.05) is 31.6 Å². The van der Waals surface area contributed by atoms with Crippen LogP contribution in [0.5, 0.6) is 0 Å². The molecule has 0 atom stereocenters. The van der Waals surface area contributed by atoms with Crippen LogP contribution in [0.2, 0.25) is 0 Å². The fourth-order valence-corrected chi connectivity index (χ4v) is 3.86. The fraction of sp³-hybridized carbons (Fsp3) is 0.600. The maximum absolute atomic E-state index is 13.9. The van der Waals surface area contributed by atoms with Gasteiger partial charge in [-0.3, -0.25) is 9.80 Å². The second-order valence-electron chi connectivity index (χ2n) is 8.48. The normalized spacial score (nSPS) is 19.0. The summed E-state index contributed by atoms with van der Waals surface area (Å²) in [6.07, 6.45) is -3.97. The number of halogens is 5. The largest absolute Gasteiger partial charge is 0.419 e. The van der Waals surface area contributed by atoms with Gasteiger partial charge in [-0.15, -0.1) is 0 Å². The number of alkyl halides is 3. The molecule has 0 spiro atoms. The quantitative estimate of drug-likeness (QED) is 0.662. The smallest absolute Gasteiger partial charge is 0.338 e. The molecule has 1 fully saturated rings. The molecule has 0 saturated carbocycles. The third-order valence-corrected chi connectivity index (χ3v) is 5.46. The number of likely N-dealkylation sites (tertiary alicyclic amines) is 1. The maximum atomic E-state index is 13.9. The SMILES string of the molecule is CC(C)(C)N1CCC(C(=O)N2CCC(c3ccc(F)c(F)c3C(F)(F)F)CC2)=N1. The zero-order chi connectivity index (χ0) is 21.6. The van der Waals surface area contributed by atoms with Crippen molar-refractivity contribution in [2.75, 3.05) is 19.6 Å². The Kier molecular flexibility index (Phi) is 5.62. The van der Waals surface area contributed by atoms with Crippen LogP contribution in [-0.4, -0.2) is 46.7 Å². The van der Waals surface area contributed by atoms with E-state index < -0.39 is 29.3 Å². The Morgan fingerprint density at radius 2 is 1.69 bits per heavy atom. The van der Waals surface area contributed by atoms with E-state index >= 15 is 0 Å². The minimum atomic E-state index is -4.98. The van der Waals surface area contributed by atoms with Crippen LogP contribution in [0.15, 0.2) is 17.2 Å². The highest BCUT2D eigenvalue weighted by Crippen LogP contribution is 2.41. The van der Waals surface area contributed by atoms with Crippen LogP contribution in [0, 0.1) is 11.6 Å². The van der Waals surface area contributed by atoms with Crippen LogP contribution < -0.4 is 0 Å². The van der Waals surface area contributed by atoms with Crippen molar-refractivity contribution in [3.8, 4) is 0 Å². The van der Waals surface area contributed by atoms with Crippen molar-refractivity contribution in [3.63, 3.8) is 0 Å². The number of carbonyl (C=O) groups excluding carboxylic acids is 1. The van der Waals surface area contributed by atoms with Crippen LogP contribution in [0.4, 0.5) is 22.0 Å². The standard InChI is InChI=1S/C20H24F5N3O/c1-19(2,3)28-11-8-15(26-28)18(29)27-9-6-12(7-10-27)13-4-5-14(21)17(22)16(13)20(23,24)25/h4-5,12H,6-11H2,1-3H3. The van der Waals surface area contributed by atoms with Crippen molar-refractivity contribution in [1.29, 1.82) is 0 Å². The molecule has 0 aromatic heterocycles. The summed E-state index contributed by atoms with van der Waals surface area (Å²) in [5, 5.41) is 6.25. The van der Waals surface area contributed by atoms with Crippen LogP contribution in [0.3, 0.4) is 0 Å². The first-order valence-corrected chi connectivity index (χ1v) is 9.59. The maximum Gasteiger partial charge on any atom is 0.419 e. The van der Waals surface area contributed by atoms with Gasteiger partial charge >= 0.3 is 6.18 Å². The van der Waals surface area contributed by atoms with Gasteiger partial charge < -0.3 is 4.90 Å². The van der Waals surface area contributed by atoms with Crippen molar-refractivity contribution in [3.05, 3.63) is 34.9 Å². The number of carbonyl (C=O) groups is 1. The average molecular weight is 417 g/mol. The molecule has 4 nitrogen and oxygen atoms in total. The molecule has 160 valence electrons. The van der Waals surface area contributed by atoms with Crippen LogP contribution in [-0.2, 0) is 11.0 Å². The van der Waals surface area contributed by atoms with Gasteiger partial charge in [0.1, 0.15) is 5.71 Å². The molecule has 0 bridgehead atoms. The van der Waals surface area contributed by atoms with E-state index in [4.69, 9.17) is 0 Å². The highest BCUT2D eigenvalue weighted by Gasteiger charge is 2.41. The molecule has 0 unspecified atom stereocenters. The van der Waals surface area contributed by atoms with E-state index in [1.165, 1.54) is 0 Å². The second-order valence-corrected chi connectivity index (χ2v) is 8.48. The molecule has 2 aliphatic rings. The molecule has 1 saturated heterocycles. The summed E-state index contributed by atoms with van der Waals surface area (Å²) in [5.41, 5.74) is -1.54. The Labute approximate surface area is 166 Å². The fourth-order valence-electron chi connectivity index (χ4n) is 3.86. The Hall–Kier alpha value is -2.19. The molecular formula is C20H24F5N3O. The summed E-state index contributed by atoms with van der Waals surface area (Å²) < 4.78 is 67.1. The molecule has 1 amide bonds. The van der Waals surface area contributed by atoms with Gasteiger partial charge in [-0.25, -0.2) is 8.78 Å². The highest BCUT2D eigenvalue weighted by atomic mass is 19.4. The molecule has 0 aliphatic carbocycles. The second kappa shape index (κ2) is 7.57. The van der Waals surface area contributed by atoms with E-state index in [9.17, 15) is 26.7 Å². The Morgan fingerprint density at radius 1 is 1.07 bits per heavy atom. The topological polar surface area (TPSA) is 35.9 Å². The Balaban J connectivity index is 1.72. The number of nitrogens with zero attached hydrogens (tertiary/aromatic N) is 3. The first kappa shape index (κ1) is 21.5. The predicted molar refractivity (Wildman–Crippen MR) is 98.4 cm³/mol. The lowest BCUT2D eigenvalue weighted by atomic mass is 9.85.